The van der Waals surface area contributed by atoms with Gasteiger partial charge in [-0.25, -0.2) is 0 Å². The third kappa shape index (κ3) is 3.25. The largest absolute Gasteiger partial charge is 0.147 e. The van der Waals surface area contributed by atoms with Crippen molar-refractivity contribution in [2.75, 3.05) is 0 Å². The summed E-state index contributed by atoms with van der Waals surface area (Å²) in [6, 6.07) is 0. The third-order valence-corrected chi connectivity index (χ3v) is 24.4. The minimum atomic E-state index is -2.70. The van der Waals surface area contributed by atoms with E-state index in [0.29, 0.717) is 0 Å². The second-order valence-electron chi connectivity index (χ2n) is 5.40. The zero-order valence-corrected chi connectivity index (χ0v) is 17.4. The van der Waals surface area contributed by atoms with Crippen molar-refractivity contribution in [2.24, 2.45) is 0 Å². The van der Waals surface area contributed by atoms with Gasteiger partial charge in [-0.1, -0.05) is 0 Å². The fourth-order valence-corrected chi connectivity index (χ4v) is 23.3. The van der Waals surface area contributed by atoms with Crippen LogP contribution in [0.25, 0.3) is 0 Å². The predicted molar refractivity (Wildman–Crippen MR) is 90.9 cm³/mol. The van der Waals surface area contributed by atoms with E-state index in [4.69, 9.17) is 0 Å². The van der Waals surface area contributed by atoms with Crippen molar-refractivity contribution in [3.8, 4) is 0 Å². The van der Waals surface area contributed by atoms with Crippen LogP contribution in [0.4, 0.5) is 0 Å². The maximum absolute atomic E-state index is 2.70. The molecule has 3 heteroatoms. The van der Waals surface area contributed by atoms with Gasteiger partial charge >= 0.3 is 109 Å². The molecule has 19 heavy (non-hydrogen) atoms. The first-order valence-electron chi connectivity index (χ1n) is 6.43. The van der Waals surface area contributed by atoms with Crippen LogP contribution in [0.1, 0.15) is 40.5 Å². The molecule has 0 N–H and O–H groups in total. The number of halogens is 2. The van der Waals surface area contributed by atoms with E-state index in [1.165, 1.54) is 12.8 Å². The smallest absolute Gasteiger partial charge is 0.147 e. The SMILES string of the molecule is C[C](C)=[Hf]([C]1=CC=CC1)([C]1=CC=CC1)=[C](C)C.Cl.Cl. The Kier molecular flexibility index (Phi) is 7.87. The summed E-state index contributed by atoms with van der Waals surface area (Å²) in [6.07, 6.45) is 16.3. The zero-order valence-electron chi connectivity index (χ0n) is 12.2. The molecule has 0 saturated carbocycles. The second-order valence-corrected chi connectivity index (χ2v) is 22.6. The number of hydrogen-bond acceptors (Lipinski definition) is 0. The molecule has 0 aromatic heterocycles. The van der Waals surface area contributed by atoms with Crippen LogP contribution in [0, 0.1) is 0 Å². The standard InChI is InChI=1S/2C5H5.2C3H6.2ClH.Hf/c2*1-2-4-5-3-1;2*1-3-2;;;/h2*1-3H,4H2;2*1-2H3;2*1H;. The van der Waals surface area contributed by atoms with Gasteiger partial charge in [-0.05, 0) is 0 Å². The molecule has 0 radical (unpaired) electrons. The van der Waals surface area contributed by atoms with E-state index in [0.717, 1.165) is 0 Å². The molecular formula is C16H24Cl2Hf. The van der Waals surface area contributed by atoms with Crippen molar-refractivity contribution in [1.29, 1.82) is 0 Å². The van der Waals surface area contributed by atoms with Gasteiger partial charge in [0.05, 0.1) is 0 Å². The fourth-order valence-electron chi connectivity index (χ4n) is 3.44. The number of rotatable bonds is 2. The molecule has 0 unspecified atom stereocenters. The van der Waals surface area contributed by atoms with Crippen molar-refractivity contribution in [1.82, 2.24) is 0 Å². The van der Waals surface area contributed by atoms with Gasteiger partial charge in [0.2, 0.25) is 0 Å². The Labute approximate surface area is 133 Å². The van der Waals surface area contributed by atoms with Gasteiger partial charge in [-0.3, -0.25) is 0 Å². The summed E-state index contributed by atoms with van der Waals surface area (Å²) in [5, 5.41) is 0. The molecule has 0 nitrogen and oxygen atoms in total. The molecule has 0 fully saturated rings. The number of hydrogen-bond donors (Lipinski definition) is 0. The maximum atomic E-state index is 2.40. The summed E-state index contributed by atoms with van der Waals surface area (Å²) >= 11 is -2.70. The molecule has 0 saturated heterocycles. The average Bonchev–Trinajstić information content (AvgIpc) is 2.88. The molecular weight excluding hydrogens is 442 g/mol. The van der Waals surface area contributed by atoms with Gasteiger partial charge in [-0.15, -0.1) is 24.8 Å². The summed E-state index contributed by atoms with van der Waals surface area (Å²) in [4.78, 5) is 0. The molecule has 2 aliphatic carbocycles. The second kappa shape index (κ2) is 7.81. The van der Waals surface area contributed by atoms with Crippen LogP contribution in [-0.2, 0) is 19.0 Å². The van der Waals surface area contributed by atoms with E-state index >= 15 is 0 Å². The summed E-state index contributed by atoms with van der Waals surface area (Å²) in [5.74, 6) is 0. The molecule has 0 aliphatic heterocycles. The van der Waals surface area contributed by atoms with E-state index in [1.54, 1.807) is 13.2 Å². The summed E-state index contributed by atoms with van der Waals surface area (Å²) < 4.78 is 6.93. The zero-order chi connectivity index (χ0) is 12.5. The van der Waals surface area contributed by atoms with Crippen molar-refractivity contribution < 1.29 is 19.0 Å². The van der Waals surface area contributed by atoms with Crippen molar-refractivity contribution in [2.45, 2.75) is 40.5 Å². The van der Waals surface area contributed by atoms with Crippen LogP contribution in [-0.4, -0.2) is 6.51 Å². The van der Waals surface area contributed by atoms with E-state index < -0.39 is 19.0 Å². The first-order valence-corrected chi connectivity index (χ1v) is 13.6. The Balaban J connectivity index is 0.00000162. The number of allylic oxidation sites excluding steroid dienone is 8. The quantitative estimate of drug-likeness (QED) is 0.498. The molecule has 0 aromatic rings. The van der Waals surface area contributed by atoms with Crippen LogP contribution < -0.4 is 0 Å². The summed E-state index contributed by atoms with van der Waals surface area (Å²) in [7, 11) is 0. The Bertz CT molecular complexity index is 514. The van der Waals surface area contributed by atoms with Gasteiger partial charge in [0, 0.05) is 0 Å². The molecule has 0 aromatic carbocycles. The van der Waals surface area contributed by atoms with Crippen LogP contribution in [0.3, 0.4) is 0 Å². The summed E-state index contributed by atoms with van der Waals surface area (Å²) in [5.41, 5.74) is 0. The fraction of sp³-hybridized carbons (Fsp3) is 0.375. The maximum Gasteiger partial charge on any atom is -0.147 e. The molecule has 2 aliphatic rings. The monoisotopic (exact) mass is 466 g/mol. The van der Waals surface area contributed by atoms with Crippen LogP contribution >= 0.6 is 24.8 Å². The van der Waals surface area contributed by atoms with Crippen molar-refractivity contribution >= 4 is 31.3 Å². The van der Waals surface area contributed by atoms with E-state index in [1.807, 2.05) is 0 Å². The first-order chi connectivity index (χ1) is 8.10. The van der Waals surface area contributed by atoms with E-state index in [9.17, 15) is 0 Å². The molecule has 0 bridgehead atoms. The summed E-state index contributed by atoms with van der Waals surface area (Å²) in [6.45, 7) is 9.47. The molecule has 0 spiro atoms. The van der Waals surface area contributed by atoms with Crippen LogP contribution in [0.15, 0.2) is 43.1 Å². The third-order valence-electron chi connectivity index (χ3n) is 4.01. The minimum absolute atomic E-state index is 0. The predicted octanol–water partition coefficient (Wildman–Crippen LogP) is 5.10. The van der Waals surface area contributed by atoms with Gasteiger partial charge in [0.25, 0.3) is 0 Å². The van der Waals surface area contributed by atoms with Gasteiger partial charge < -0.3 is 0 Å². The molecule has 2 rings (SSSR count). The van der Waals surface area contributed by atoms with Crippen molar-refractivity contribution in [3.05, 3.63) is 43.1 Å². The topological polar surface area (TPSA) is 0 Å². The molecule has 0 atom stereocenters. The van der Waals surface area contributed by atoms with Gasteiger partial charge in [-0.2, -0.15) is 0 Å². The van der Waals surface area contributed by atoms with E-state index in [2.05, 4.69) is 64.2 Å². The molecule has 106 valence electrons. The normalized spacial score (nSPS) is 15.6. The Morgan fingerprint density at radius 1 is 0.789 bits per heavy atom. The van der Waals surface area contributed by atoms with E-state index in [-0.39, 0.29) is 24.8 Å². The Hall–Kier alpha value is 0.150. The van der Waals surface area contributed by atoms with Crippen LogP contribution in [0.5, 0.6) is 0 Å². The van der Waals surface area contributed by atoms with Crippen molar-refractivity contribution in [3.63, 3.8) is 0 Å². The Morgan fingerprint density at radius 2 is 1.16 bits per heavy atom. The molecule has 0 amide bonds. The first kappa shape index (κ1) is 19.2. The molecule has 0 heterocycles. The van der Waals surface area contributed by atoms with Crippen LogP contribution in [0.2, 0.25) is 0 Å². The van der Waals surface area contributed by atoms with Gasteiger partial charge in [0.15, 0.2) is 0 Å². The average molecular weight is 466 g/mol. The Morgan fingerprint density at radius 3 is 1.37 bits per heavy atom. The minimum Gasteiger partial charge on any atom is -0.147 e. The van der Waals surface area contributed by atoms with Gasteiger partial charge in [0.1, 0.15) is 0 Å².